The SMILES string of the molecule is Cc1ccc(O)c(S(=O)(=O)N2CCN(C(=O)c3ccc(Br)cc3Cl)CC2)c1. The predicted octanol–water partition coefficient (Wildman–Crippen LogP) is 3.26. The van der Waals surface area contributed by atoms with Crippen molar-refractivity contribution >= 4 is 43.5 Å². The van der Waals surface area contributed by atoms with Crippen LogP contribution in [0.3, 0.4) is 0 Å². The van der Waals surface area contributed by atoms with Crippen molar-refractivity contribution in [1.82, 2.24) is 9.21 Å². The highest BCUT2D eigenvalue weighted by Crippen LogP contribution is 2.28. The number of piperazine rings is 1. The Morgan fingerprint density at radius 2 is 1.78 bits per heavy atom. The fourth-order valence-electron chi connectivity index (χ4n) is 2.93. The Labute approximate surface area is 171 Å². The Morgan fingerprint density at radius 1 is 1.11 bits per heavy atom. The fourth-order valence-corrected chi connectivity index (χ4v) is 5.28. The van der Waals surface area contributed by atoms with Gasteiger partial charge in [-0.1, -0.05) is 33.6 Å². The molecule has 9 heteroatoms. The zero-order valence-electron chi connectivity index (χ0n) is 14.5. The van der Waals surface area contributed by atoms with E-state index in [9.17, 15) is 18.3 Å². The van der Waals surface area contributed by atoms with Crippen molar-refractivity contribution in [3.05, 3.63) is 57.0 Å². The number of carbonyl (C=O) groups excluding carboxylic acids is 1. The Morgan fingerprint density at radius 3 is 2.41 bits per heavy atom. The van der Waals surface area contributed by atoms with Crippen LogP contribution in [0.5, 0.6) is 5.75 Å². The number of phenolic OH excluding ortho intramolecular Hbond substituents is 1. The molecule has 1 N–H and O–H groups in total. The van der Waals surface area contributed by atoms with E-state index in [4.69, 9.17) is 11.6 Å². The lowest BCUT2D eigenvalue weighted by Gasteiger charge is -2.34. The minimum atomic E-state index is -3.83. The molecule has 2 aromatic carbocycles. The van der Waals surface area contributed by atoms with Gasteiger partial charge >= 0.3 is 0 Å². The lowest BCUT2D eigenvalue weighted by molar-refractivity contribution is 0.0698. The van der Waals surface area contributed by atoms with E-state index in [1.165, 1.54) is 16.4 Å². The predicted molar refractivity (Wildman–Crippen MR) is 107 cm³/mol. The average molecular weight is 474 g/mol. The summed E-state index contributed by atoms with van der Waals surface area (Å²) in [6.45, 7) is 2.55. The molecule has 1 fully saturated rings. The second-order valence-electron chi connectivity index (χ2n) is 6.29. The van der Waals surface area contributed by atoms with E-state index in [2.05, 4.69) is 15.9 Å². The number of carbonyl (C=O) groups is 1. The molecule has 3 rings (SSSR count). The third-order valence-electron chi connectivity index (χ3n) is 4.42. The topological polar surface area (TPSA) is 77.9 Å². The third-order valence-corrected chi connectivity index (χ3v) is 7.15. The minimum Gasteiger partial charge on any atom is -0.507 e. The number of sulfonamides is 1. The van der Waals surface area contributed by atoms with Crippen molar-refractivity contribution in [3.8, 4) is 5.75 Å². The lowest BCUT2D eigenvalue weighted by atomic mass is 10.2. The molecule has 0 aliphatic carbocycles. The van der Waals surface area contributed by atoms with Crippen LogP contribution in [0.2, 0.25) is 5.02 Å². The highest BCUT2D eigenvalue weighted by molar-refractivity contribution is 9.10. The molecule has 1 heterocycles. The average Bonchev–Trinajstić information content (AvgIpc) is 2.63. The van der Waals surface area contributed by atoms with Crippen molar-refractivity contribution in [2.75, 3.05) is 26.2 Å². The molecule has 0 unspecified atom stereocenters. The molecule has 0 spiro atoms. The number of phenols is 1. The molecule has 27 heavy (non-hydrogen) atoms. The largest absolute Gasteiger partial charge is 0.507 e. The second kappa shape index (κ2) is 7.79. The highest BCUT2D eigenvalue weighted by Gasteiger charge is 2.32. The van der Waals surface area contributed by atoms with Gasteiger partial charge in [0, 0.05) is 30.7 Å². The number of rotatable bonds is 3. The van der Waals surface area contributed by atoms with Crippen LogP contribution >= 0.6 is 27.5 Å². The first-order valence-corrected chi connectivity index (χ1v) is 10.9. The molecule has 0 saturated carbocycles. The van der Waals surface area contributed by atoms with E-state index in [0.717, 1.165) is 10.0 Å². The summed E-state index contributed by atoms with van der Waals surface area (Å²) in [4.78, 5) is 14.1. The molecule has 1 aliphatic rings. The Hall–Kier alpha value is -1.61. The van der Waals surface area contributed by atoms with Crippen molar-refractivity contribution in [2.45, 2.75) is 11.8 Å². The number of nitrogens with zero attached hydrogens (tertiary/aromatic N) is 2. The van der Waals surface area contributed by atoms with Crippen LogP contribution in [-0.2, 0) is 10.0 Å². The number of hydrogen-bond donors (Lipinski definition) is 1. The first-order valence-electron chi connectivity index (χ1n) is 8.24. The van der Waals surface area contributed by atoms with Crippen molar-refractivity contribution < 1.29 is 18.3 Å². The normalized spacial score (nSPS) is 15.7. The van der Waals surface area contributed by atoms with E-state index in [1.54, 1.807) is 36.1 Å². The maximum Gasteiger partial charge on any atom is 0.255 e. The van der Waals surface area contributed by atoms with Crippen LogP contribution in [0.1, 0.15) is 15.9 Å². The lowest BCUT2D eigenvalue weighted by Crippen LogP contribution is -2.50. The summed E-state index contributed by atoms with van der Waals surface area (Å²) < 4.78 is 27.7. The summed E-state index contributed by atoms with van der Waals surface area (Å²) >= 11 is 9.45. The first-order chi connectivity index (χ1) is 12.7. The van der Waals surface area contributed by atoms with E-state index in [-0.39, 0.29) is 42.7 Å². The van der Waals surface area contributed by atoms with Gasteiger partial charge in [-0.3, -0.25) is 4.79 Å². The number of hydrogen-bond acceptors (Lipinski definition) is 4. The monoisotopic (exact) mass is 472 g/mol. The van der Waals surface area contributed by atoms with Gasteiger partial charge < -0.3 is 10.0 Å². The van der Waals surface area contributed by atoms with E-state index >= 15 is 0 Å². The smallest absolute Gasteiger partial charge is 0.255 e. The minimum absolute atomic E-state index is 0.113. The first kappa shape index (κ1) is 20.1. The number of aromatic hydroxyl groups is 1. The quantitative estimate of drug-likeness (QED) is 0.742. The summed E-state index contributed by atoms with van der Waals surface area (Å²) in [5.41, 5.74) is 1.12. The maximum absolute atomic E-state index is 12.8. The summed E-state index contributed by atoms with van der Waals surface area (Å²) in [7, 11) is -3.83. The summed E-state index contributed by atoms with van der Waals surface area (Å²) in [5.74, 6) is -0.510. The summed E-state index contributed by atoms with van der Waals surface area (Å²) in [6, 6.07) is 9.49. The van der Waals surface area contributed by atoms with E-state index in [0.29, 0.717) is 10.6 Å². The van der Waals surface area contributed by atoms with Crippen LogP contribution < -0.4 is 0 Å². The van der Waals surface area contributed by atoms with Crippen LogP contribution in [0.15, 0.2) is 45.8 Å². The van der Waals surface area contributed by atoms with Crippen LogP contribution in [0.25, 0.3) is 0 Å². The number of amides is 1. The highest BCUT2D eigenvalue weighted by atomic mass is 79.9. The molecule has 1 aliphatic heterocycles. The van der Waals surface area contributed by atoms with Gasteiger partial charge in [-0.15, -0.1) is 0 Å². The molecule has 0 aromatic heterocycles. The molecular weight excluding hydrogens is 456 g/mol. The molecule has 6 nitrogen and oxygen atoms in total. The molecule has 0 atom stereocenters. The van der Waals surface area contributed by atoms with Gasteiger partial charge in [0.15, 0.2) is 0 Å². The Kier molecular flexibility index (Phi) is 5.81. The van der Waals surface area contributed by atoms with Crippen LogP contribution in [0.4, 0.5) is 0 Å². The van der Waals surface area contributed by atoms with E-state index < -0.39 is 10.0 Å². The molecular formula is C18H18BrClN2O4S. The summed E-state index contributed by atoms with van der Waals surface area (Å²) in [5, 5.41) is 10.3. The van der Waals surface area contributed by atoms with Gasteiger partial charge in [-0.2, -0.15) is 4.31 Å². The van der Waals surface area contributed by atoms with Gasteiger partial charge in [0.1, 0.15) is 10.6 Å². The summed E-state index contributed by atoms with van der Waals surface area (Å²) in [6.07, 6.45) is 0. The molecule has 1 saturated heterocycles. The third kappa shape index (κ3) is 4.13. The van der Waals surface area contributed by atoms with Gasteiger partial charge in [0.2, 0.25) is 10.0 Å². The molecule has 1 amide bonds. The van der Waals surface area contributed by atoms with Crippen molar-refractivity contribution in [1.29, 1.82) is 0 Å². The Bertz CT molecular complexity index is 989. The molecule has 2 aromatic rings. The van der Waals surface area contributed by atoms with Crippen molar-refractivity contribution in [2.24, 2.45) is 0 Å². The van der Waals surface area contributed by atoms with E-state index in [1.807, 2.05) is 0 Å². The van der Waals surface area contributed by atoms with Crippen LogP contribution in [-0.4, -0.2) is 54.8 Å². The molecule has 144 valence electrons. The standard InChI is InChI=1S/C18H18BrClN2O4S/c1-12-2-5-16(23)17(10-12)27(25,26)22-8-6-21(7-9-22)18(24)14-4-3-13(19)11-15(14)20/h2-5,10-11,23H,6-9H2,1H3. The fraction of sp³-hybridized carbons (Fsp3) is 0.278. The number of halogens is 2. The molecule has 0 bridgehead atoms. The van der Waals surface area contributed by atoms with Gasteiger partial charge in [-0.25, -0.2) is 8.42 Å². The Balaban J connectivity index is 1.75. The van der Waals surface area contributed by atoms with Crippen molar-refractivity contribution in [3.63, 3.8) is 0 Å². The second-order valence-corrected chi connectivity index (χ2v) is 9.52. The van der Waals surface area contributed by atoms with Gasteiger partial charge in [0.25, 0.3) is 5.91 Å². The number of benzene rings is 2. The van der Waals surface area contributed by atoms with Gasteiger partial charge in [-0.05, 0) is 42.8 Å². The number of aryl methyl sites for hydroxylation is 1. The zero-order chi connectivity index (χ0) is 19.8. The van der Waals surface area contributed by atoms with Gasteiger partial charge in [0.05, 0.1) is 10.6 Å². The van der Waals surface area contributed by atoms with Crippen LogP contribution in [0, 0.1) is 6.92 Å². The maximum atomic E-state index is 12.8. The zero-order valence-corrected chi connectivity index (χ0v) is 17.7. The molecule has 0 radical (unpaired) electrons.